The second-order valence-electron chi connectivity index (χ2n) is 4.55. The summed E-state index contributed by atoms with van der Waals surface area (Å²) in [5, 5.41) is 3.34. The molecule has 21 heavy (non-hydrogen) atoms. The molecule has 0 radical (unpaired) electrons. The van der Waals surface area contributed by atoms with Crippen LogP contribution in [-0.4, -0.2) is 19.2 Å². The van der Waals surface area contributed by atoms with Crippen LogP contribution in [0.25, 0.3) is 0 Å². The van der Waals surface area contributed by atoms with Crippen LogP contribution in [0, 0.1) is 6.92 Å². The van der Waals surface area contributed by atoms with Gasteiger partial charge in [-0.3, -0.25) is 0 Å². The molecule has 0 spiro atoms. The lowest BCUT2D eigenvalue weighted by Crippen LogP contribution is -2.13. The van der Waals surface area contributed by atoms with Gasteiger partial charge in [0.25, 0.3) is 0 Å². The maximum absolute atomic E-state index is 5.80. The SMILES string of the molecule is COc1ccc(OC)c(Nc2c(C)cccc2C(N)=S)c1. The Morgan fingerprint density at radius 3 is 2.52 bits per heavy atom. The number of hydrogen-bond donors (Lipinski definition) is 2. The van der Waals surface area contributed by atoms with Gasteiger partial charge in [0, 0.05) is 11.6 Å². The van der Waals surface area contributed by atoms with Gasteiger partial charge in [-0.25, -0.2) is 0 Å². The van der Waals surface area contributed by atoms with Gasteiger partial charge in [-0.1, -0.05) is 24.4 Å². The van der Waals surface area contributed by atoms with E-state index in [2.05, 4.69) is 5.32 Å². The quantitative estimate of drug-likeness (QED) is 0.829. The van der Waals surface area contributed by atoms with Crippen LogP contribution in [0.15, 0.2) is 36.4 Å². The molecule has 0 aliphatic carbocycles. The number of hydrogen-bond acceptors (Lipinski definition) is 4. The Labute approximate surface area is 129 Å². The molecule has 0 atom stereocenters. The number of ether oxygens (including phenoxy) is 2. The van der Waals surface area contributed by atoms with Crippen molar-refractivity contribution in [1.82, 2.24) is 0 Å². The Balaban J connectivity index is 2.49. The zero-order valence-corrected chi connectivity index (χ0v) is 13.1. The van der Waals surface area contributed by atoms with Gasteiger partial charge in [0.1, 0.15) is 16.5 Å². The minimum Gasteiger partial charge on any atom is -0.497 e. The largest absolute Gasteiger partial charge is 0.497 e. The number of para-hydroxylation sites is 1. The van der Waals surface area contributed by atoms with Gasteiger partial charge >= 0.3 is 0 Å². The molecular formula is C16H18N2O2S. The Bertz CT molecular complexity index is 671. The van der Waals surface area contributed by atoms with Gasteiger partial charge in [-0.05, 0) is 30.7 Å². The Morgan fingerprint density at radius 1 is 1.14 bits per heavy atom. The minimum atomic E-state index is 0.350. The maximum Gasteiger partial charge on any atom is 0.142 e. The third-order valence-electron chi connectivity index (χ3n) is 3.20. The number of benzene rings is 2. The first-order valence-electron chi connectivity index (χ1n) is 6.45. The lowest BCUT2D eigenvalue weighted by Gasteiger charge is -2.17. The summed E-state index contributed by atoms with van der Waals surface area (Å²) in [6.07, 6.45) is 0. The van der Waals surface area contributed by atoms with Crippen molar-refractivity contribution in [3.63, 3.8) is 0 Å². The summed E-state index contributed by atoms with van der Waals surface area (Å²) in [7, 11) is 3.25. The van der Waals surface area contributed by atoms with E-state index < -0.39 is 0 Å². The third kappa shape index (κ3) is 3.25. The number of aryl methyl sites for hydroxylation is 1. The molecule has 0 heterocycles. The van der Waals surface area contributed by atoms with Crippen LogP contribution in [0.3, 0.4) is 0 Å². The fourth-order valence-corrected chi connectivity index (χ4v) is 2.26. The number of nitrogens with one attached hydrogen (secondary N) is 1. The zero-order valence-electron chi connectivity index (χ0n) is 12.3. The van der Waals surface area contributed by atoms with Crippen LogP contribution < -0.4 is 20.5 Å². The summed E-state index contributed by atoms with van der Waals surface area (Å²) in [5.74, 6) is 1.46. The van der Waals surface area contributed by atoms with E-state index >= 15 is 0 Å². The fraction of sp³-hybridized carbons (Fsp3) is 0.188. The van der Waals surface area contributed by atoms with Crippen LogP contribution in [0.4, 0.5) is 11.4 Å². The molecule has 2 aromatic carbocycles. The average Bonchev–Trinajstić information content (AvgIpc) is 2.48. The van der Waals surface area contributed by atoms with E-state index in [1.807, 2.05) is 43.3 Å². The highest BCUT2D eigenvalue weighted by molar-refractivity contribution is 7.80. The number of nitrogens with two attached hydrogens (primary N) is 1. The highest BCUT2D eigenvalue weighted by atomic mass is 32.1. The molecule has 3 N–H and O–H groups in total. The van der Waals surface area contributed by atoms with Crippen molar-refractivity contribution in [3.05, 3.63) is 47.5 Å². The summed E-state index contributed by atoms with van der Waals surface area (Å²) in [4.78, 5) is 0.350. The molecular weight excluding hydrogens is 284 g/mol. The second kappa shape index (κ2) is 6.45. The van der Waals surface area contributed by atoms with Crippen LogP contribution >= 0.6 is 12.2 Å². The standard InChI is InChI=1S/C16H18N2O2S/c1-10-5-4-6-12(16(17)21)15(10)18-13-9-11(19-2)7-8-14(13)20-3/h4-9,18H,1-3H3,(H2,17,21). The Morgan fingerprint density at radius 2 is 1.90 bits per heavy atom. The highest BCUT2D eigenvalue weighted by Crippen LogP contribution is 2.33. The topological polar surface area (TPSA) is 56.5 Å². The third-order valence-corrected chi connectivity index (χ3v) is 3.42. The van der Waals surface area contributed by atoms with Gasteiger partial charge in [-0.15, -0.1) is 0 Å². The van der Waals surface area contributed by atoms with Gasteiger partial charge in [0.15, 0.2) is 0 Å². The van der Waals surface area contributed by atoms with E-state index in [1.54, 1.807) is 14.2 Å². The molecule has 5 heteroatoms. The zero-order chi connectivity index (χ0) is 15.4. The molecule has 0 fully saturated rings. The van der Waals surface area contributed by atoms with Gasteiger partial charge < -0.3 is 20.5 Å². The molecule has 0 aromatic heterocycles. The summed E-state index contributed by atoms with van der Waals surface area (Å²) < 4.78 is 10.6. The molecule has 0 aliphatic heterocycles. The summed E-state index contributed by atoms with van der Waals surface area (Å²) in [6, 6.07) is 11.4. The molecule has 2 rings (SSSR count). The number of anilines is 2. The summed E-state index contributed by atoms with van der Waals surface area (Å²) in [5.41, 5.74) is 9.31. The Kier molecular flexibility index (Phi) is 4.65. The first kappa shape index (κ1) is 15.1. The lowest BCUT2D eigenvalue weighted by molar-refractivity contribution is 0.405. The molecule has 0 aliphatic rings. The number of methoxy groups -OCH3 is 2. The summed E-state index contributed by atoms with van der Waals surface area (Å²) >= 11 is 5.12. The first-order chi connectivity index (χ1) is 10.1. The molecule has 110 valence electrons. The first-order valence-corrected chi connectivity index (χ1v) is 6.86. The molecule has 0 unspecified atom stereocenters. The van der Waals surface area contributed by atoms with Crippen LogP contribution in [0.2, 0.25) is 0 Å². The van der Waals surface area contributed by atoms with E-state index in [0.717, 1.165) is 28.3 Å². The fourth-order valence-electron chi connectivity index (χ4n) is 2.09. The van der Waals surface area contributed by atoms with Crippen molar-refractivity contribution in [2.24, 2.45) is 5.73 Å². The van der Waals surface area contributed by atoms with Crippen molar-refractivity contribution in [2.75, 3.05) is 19.5 Å². The number of thiocarbonyl (C=S) groups is 1. The minimum absolute atomic E-state index is 0.350. The van der Waals surface area contributed by atoms with Gasteiger partial charge in [0.05, 0.1) is 25.6 Å². The molecule has 0 bridgehead atoms. The lowest BCUT2D eigenvalue weighted by atomic mass is 10.1. The van der Waals surface area contributed by atoms with E-state index in [0.29, 0.717) is 10.7 Å². The smallest absolute Gasteiger partial charge is 0.142 e. The predicted octanol–water partition coefficient (Wildman–Crippen LogP) is 3.39. The van der Waals surface area contributed by atoms with Crippen molar-refractivity contribution in [1.29, 1.82) is 0 Å². The molecule has 0 saturated carbocycles. The van der Waals surface area contributed by atoms with E-state index in [9.17, 15) is 0 Å². The van der Waals surface area contributed by atoms with E-state index in [-0.39, 0.29) is 0 Å². The van der Waals surface area contributed by atoms with Crippen molar-refractivity contribution >= 4 is 28.6 Å². The normalized spacial score (nSPS) is 10.0. The monoisotopic (exact) mass is 302 g/mol. The average molecular weight is 302 g/mol. The van der Waals surface area contributed by atoms with E-state index in [1.165, 1.54) is 0 Å². The molecule has 4 nitrogen and oxygen atoms in total. The molecule has 0 amide bonds. The molecule has 0 saturated heterocycles. The maximum atomic E-state index is 5.80. The van der Waals surface area contributed by atoms with Crippen molar-refractivity contribution < 1.29 is 9.47 Å². The Hall–Kier alpha value is -2.27. The number of rotatable bonds is 5. The second-order valence-corrected chi connectivity index (χ2v) is 4.99. The van der Waals surface area contributed by atoms with Crippen molar-refractivity contribution in [2.45, 2.75) is 6.92 Å². The predicted molar refractivity (Wildman–Crippen MR) is 89.9 cm³/mol. The van der Waals surface area contributed by atoms with Crippen LogP contribution in [0.1, 0.15) is 11.1 Å². The van der Waals surface area contributed by atoms with Gasteiger partial charge in [0.2, 0.25) is 0 Å². The van der Waals surface area contributed by atoms with E-state index in [4.69, 9.17) is 27.4 Å². The highest BCUT2D eigenvalue weighted by Gasteiger charge is 2.11. The summed E-state index contributed by atoms with van der Waals surface area (Å²) in [6.45, 7) is 2.00. The molecule has 2 aromatic rings. The van der Waals surface area contributed by atoms with Crippen molar-refractivity contribution in [3.8, 4) is 11.5 Å². The van der Waals surface area contributed by atoms with Gasteiger partial charge in [-0.2, -0.15) is 0 Å². The van der Waals surface area contributed by atoms with Crippen LogP contribution in [-0.2, 0) is 0 Å². The van der Waals surface area contributed by atoms with Crippen LogP contribution in [0.5, 0.6) is 11.5 Å².